The standard InChI is InChI=1S/C15H26N2/c1-13(2)15(14-9-6-5-7-10-14)17(4)12-8-11-16-3/h5-7,9-10,13,15-16H,8,11-12H2,1-4H3. The fourth-order valence-electron chi connectivity index (χ4n) is 2.44. The maximum Gasteiger partial charge on any atom is 0.0367 e. The van der Waals surface area contributed by atoms with E-state index in [0.29, 0.717) is 12.0 Å². The van der Waals surface area contributed by atoms with Crippen molar-refractivity contribution in [2.45, 2.75) is 26.3 Å². The van der Waals surface area contributed by atoms with Crippen molar-refractivity contribution in [2.24, 2.45) is 5.92 Å². The van der Waals surface area contributed by atoms with Gasteiger partial charge in [0.15, 0.2) is 0 Å². The molecule has 0 radical (unpaired) electrons. The first-order valence-electron chi connectivity index (χ1n) is 6.56. The Morgan fingerprint density at radius 1 is 1.18 bits per heavy atom. The van der Waals surface area contributed by atoms with Crippen LogP contribution in [0.4, 0.5) is 0 Å². The van der Waals surface area contributed by atoms with Crippen molar-refractivity contribution < 1.29 is 0 Å². The van der Waals surface area contributed by atoms with Gasteiger partial charge in [0, 0.05) is 6.04 Å². The van der Waals surface area contributed by atoms with Crippen LogP contribution in [-0.4, -0.2) is 32.1 Å². The highest BCUT2D eigenvalue weighted by molar-refractivity contribution is 5.19. The van der Waals surface area contributed by atoms with Crippen LogP contribution >= 0.6 is 0 Å². The zero-order valence-electron chi connectivity index (χ0n) is 11.6. The Hall–Kier alpha value is -0.860. The third-order valence-electron chi connectivity index (χ3n) is 3.19. The summed E-state index contributed by atoms with van der Waals surface area (Å²) in [6.45, 7) is 6.82. The van der Waals surface area contributed by atoms with Gasteiger partial charge in [0.05, 0.1) is 0 Å². The molecule has 1 N–H and O–H groups in total. The maximum absolute atomic E-state index is 3.20. The lowest BCUT2D eigenvalue weighted by molar-refractivity contribution is 0.192. The fourth-order valence-corrected chi connectivity index (χ4v) is 2.44. The van der Waals surface area contributed by atoms with Crippen LogP contribution in [0.15, 0.2) is 30.3 Å². The van der Waals surface area contributed by atoms with Gasteiger partial charge in [-0.1, -0.05) is 44.2 Å². The molecule has 2 nitrogen and oxygen atoms in total. The van der Waals surface area contributed by atoms with Gasteiger partial charge in [-0.15, -0.1) is 0 Å². The molecule has 1 unspecified atom stereocenters. The molecule has 0 aliphatic rings. The largest absolute Gasteiger partial charge is 0.320 e. The van der Waals surface area contributed by atoms with Crippen molar-refractivity contribution in [3.63, 3.8) is 0 Å². The van der Waals surface area contributed by atoms with Crippen LogP contribution in [0.1, 0.15) is 31.9 Å². The minimum atomic E-state index is 0.521. The summed E-state index contributed by atoms with van der Waals surface area (Å²) in [5.41, 5.74) is 1.43. The molecule has 0 aromatic heterocycles. The minimum Gasteiger partial charge on any atom is -0.320 e. The smallest absolute Gasteiger partial charge is 0.0367 e. The van der Waals surface area contributed by atoms with Crippen molar-refractivity contribution in [2.75, 3.05) is 27.2 Å². The highest BCUT2D eigenvalue weighted by Gasteiger charge is 2.19. The van der Waals surface area contributed by atoms with E-state index < -0.39 is 0 Å². The number of nitrogens with zero attached hydrogens (tertiary/aromatic N) is 1. The van der Waals surface area contributed by atoms with Crippen molar-refractivity contribution in [1.82, 2.24) is 10.2 Å². The second-order valence-electron chi connectivity index (χ2n) is 5.04. The summed E-state index contributed by atoms with van der Waals surface area (Å²) < 4.78 is 0. The minimum absolute atomic E-state index is 0.521. The van der Waals surface area contributed by atoms with Crippen molar-refractivity contribution in [3.8, 4) is 0 Å². The van der Waals surface area contributed by atoms with Gasteiger partial charge >= 0.3 is 0 Å². The zero-order chi connectivity index (χ0) is 12.7. The van der Waals surface area contributed by atoms with E-state index in [9.17, 15) is 0 Å². The summed E-state index contributed by atoms with van der Waals surface area (Å²) in [7, 11) is 4.24. The number of rotatable bonds is 7. The van der Waals surface area contributed by atoms with E-state index in [1.165, 1.54) is 12.0 Å². The van der Waals surface area contributed by atoms with Gasteiger partial charge in [-0.2, -0.15) is 0 Å². The number of nitrogens with one attached hydrogen (secondary N) is 1. The van der Waals surface area contributed by atoms with Crippen LogP contribution < -0.4 is 5.32 Å². The van der Waals surface area contributed by atoms with Gasteiger partial charge in [0.25, 0.3) is 0 Å². The van der Waals surface area contributed by atoms with E-state index in [-0.39, 0.29) is 0 Å². The number of benzene rings is 1. The molecule has 1 aromatic carbocycles. The lowest BCUT2D eigenvalue weighted by Crippen LogP contribution is -2.30. The SMILES string of the molecule is CNCCCN(C)C(c1ccccc1)C(C)C. The molecule has 0 saturated heterocycles. The van der Waals surface area contributed by atoms with Gasteiger partial charge in [-0.25, -0.2) is 0 Å². The second-order valence-corrected chi connectivity index (χ2v) is 5.04. The molecule has 0 saturated carbocycles. The Kier molecular flexibility index (Phi) is 6.23. The molecule has 0 aliphatic carbocycles. The van der Waals surface area contributed by atoms with Crippen LogP contribution in [0.2, 0.25) is 0 Å². The monoisotopic (exact) mass is 234 g/mol. The highest BCUT2D eigenvalue weighted by Crippen LogP contribution is 2.27. The van der Waals surface area contributed by atoms with Gasteiger partial charge in [-0.05, 0) is 45.1 Å². The first-order valence-corrected chi connectivity index (χ1v) is 6.56. The highest BCUT2D eigenvalue weighted by atomic mass is 15.1. The molecule has 2 heteroatoms. The summed E-state index contributed by atoms with van der Waals surface area (Å²) >= 11 is 0. The number of hydrogen-bond acceptors (Lipinski definition) is 2. The van der Waals surface area contributed by atoms with E-state index in [1.54, 1.807) is 0 Å². The molecule has 1 aromatic rings. The molecule has 0 fully saturated rings. The first kappa shape index (κ1) is 14.2. The zero-order valence-corrected chi connectivity index (χ0v) is 11.6. The molecule has 0 amide bonds. The van der Waals surface area contributed by atoms with E-state index >= 15 is 0 Å². The van der Waals surface area contributed by atoms with Crippen LogP contribution in [0.5, 0.6) is 0 Å². The van der Waals surface area contributed by atoms with Crippen LogP contribution in [0.3, 0.4) is 0 Å². The van der Waals surface area contributed by atoms with Gasteiger partial charge in [-0.3, -0.25) is 4.90 Å². The fraction of sp³-hybridized carbons (Fsp3) is 0.600. The van der Waals surface area contributed by atoms with Crippen molar-refractivity contribution >= 4 is 0 Å². The van der Waals surface area contributed by atoms with E-state index in [1.807, 2.05) is 7.05 Å². The van der Waals surface area contributed by atoms with Gasteiger partial charge in [0.2, 0.25) is 0 Å². The topological polar surface area (TPSA) is 15.3 Å². The third kappa shape index (κ3) is 4.49. The summed E-state index contributed by atoms with van der Waals surface area (Å²) in [5, 5.41) is 3.20. The second kappa shape index (κ2) is 7.46. The van der Waals surface area contributed by atoms with Crippen molar-refractivity contribution in [3.05, 3.63) is 35.9 Å². The average Bonchev–Trinajstić information content (AvgIpc) is 2.30. The summed E-state index contributed by atoms with van der Waals surface area (Å²) in [5.74, 6) is 0.636. The Bertz CT molecular complexity index is 295. The molecular weight excluding hydrogens is 208 g/mol. The molecule has 96 valence electrons. The Balaban J connectivity index is 2.66. The number of hydrogen-bond donors (Lipinski definition) is 1. The van der Waals surface area contributed by atoms with Crippen LogP contribution in [-0.2, 0) is 0 Å². The third-order valence-corrected chi connectivity index (χ3v) is 3.19. The van der Waals surface area contributed by atoms with E-state index in [4.69, 9.17) is 0 Å². The summed E-state index contributed by atoms with van der Waals surface area (Å²) in [6.07, 6.45) is 1.20. The van der Waals surface area contributed by atoms with E-state index in [2.05, 4.69) is 61.4 Å². The van der Waals surface area contributed by atoms with Crippen LogP contribution in [0, 0.1) is 5.92 Å². The van der Waals surface area contributed by atoms with Gasteiger partial charge < -0.3 is 5.32 Å². The van der Waals surface area contributed by atoms with Crippen molar-refractivity contribution in [1.29, 1.82) is 0 Å². The van der Waals surface area contributed by atoms with Crippen LogP contribution in [0.25, 0.3) is 0 Å². The Morgan fingerprint density at radius 2 is 1.82 bits per heavy atom. The molecule has 0 bridgehead atoms. The first-order chi connectivity index (χ1) is 8.16. The lowest BCUT2D eigenvalue weighted by Gasteiger charge is -2.31. The quantitative estimate of drug-likeness (QED) is 0.730. The molecule has 0 aliphatic heterocycles. The Morgan fingerprint density at radius 3 is 2.35 bits per heavy atom. The summed E-state index contributed by atoms with van der Waals surface area (Å²) in [4.78, 5) is 2.47. The van der Waals surface area contributed by atoms with Gasteiger partial charge in [0.1, 0.15) is 0 Å². The lowest BCUT2D eigenvalue weighted by atomic mass is 9.94. The molecular formula is C15H26N2. The molecule has 1 atom stereocenters. The average molecular weight is 234 g/mol. The molecule has 0 spiro atoms. The summed E-state index contributed by atoms with van der Waals surface area (Å²) in [6, 6.07) is 11.3. The Labute approximate surface area is 106 Å². The van der Waals surface area contributed by atoms with E-state index in [0.717, 1.165) is 13.1 Å². The maximum atomic E-state index is 3.20. The predicted octanol–water partition coefficient (Wildman–Crippen LogP) is 2.93. The normalized spacial score (nSPS) is 13.3. The predicted molar refractivity (Wildman–Crippen MR) is 75.2 cm³/mol. The molecule has 17 heavy (non-hydrogen) atoms. The molecule has 1 rings (SSSR count). The molecule has 0 heterocycles.